The fourth-order valence-corrected chi connectivity index (χ4v) is 2.72. The number of hydrogen-bond donors (Lipinski definition) is 2. The van der Waals surface area contributed by atoms with E-state index in [2.05, 4.69) is 45.0 Å². The fourth-order valence-electron chi connectivity index (χ4n) is 2.72. The highest BCUT2D eigenvalue weighted by Crippen LogP contribution is 2.21. The van der Waals surface area contributed by atoms with E-state index in [1.54, 1.807) is 0 Å². The first-order valence-electron chi connectivity index (χ1n) is 8.34. The minimum absolute atomic E-state index is 0.147. The van der Waals surface area contributed by atoms with Gasteiger partial charge in [0.05, 0.1) is 0 Å². The van der Waals surface area contributed by atoms with E-state index in [-0.39, 0.29) is 5.91 Å². The van der Waals surface area contributed by atoms with Gasteiger partial charge in [0, 0.05) is 5.69 Å². The van der Waals surface area contributed by atoms with Crippen LogP contribution in [0.15, 0.2) is 48.5 Å². The van der Waals surface area contributed by atoms with Crippen LogP contribution in [0, 0.1) is 6.92 Å². The van der Waals surface area contributed by atoms with E-state index in [1.807, 2.05) is 43.3 Å². The molecule has 1 unspecified atom stereocenters. The van der Waals surface area contributed by atoms with Crippen molar-refractivity contribution in [2.45, 2.75) is 32.6 Å². The van der Waals surface area contributed by atoms with E-state index in [4.69, 9.17) is 0 Å². The molecule has 0 saturated carbocycles. The number of aromatic amines is 1. The first kappa shape index (κ1) is 16.8. The molecule has 128 valence electrons. The summed E-state index contributed by atoms with van der Waals surface area (Å²) in [6, 6.07) is 16.0. The zero-order chi connectivity index (χ0) is 17.6. The minimum atomic E-state index is -0.508. The monoisotopic (exact) mass is 335 g/mol. The molecule has 3 rings (SSSR count). The van der Waals surface area contributed by atoms with Gasteiger partial charge in [-0.25, -0.2) is 0 Å². The van der Waals surface area contributed by atoms with E-state index in [0.717, 1.165) is 23.2 Å². The number of amides is 1. The van der Waals surface area contributed by atoms with Crippen molar-refractivity contribution in [1.82, 2.24) is 20.6 Å². The molecule has 0 bridgehead atoms. The molecule has 0 fully saturated rings. The Morgan fingerprint density at radius 1 is 1.16 bits per heavy atom. The van der Waals surface area contributed by atoms with Gasteiger partial charge in [-0.3, -0.25) is 4.79 Å². The Bertz CT molecular complexity index is 827. The summed E-state index contributed by atoms with van der Waals surface area (Å²) in [6.07, 6.45) is 1.50. The molecular formula is C19H21N5O. The fraction of sp³-hybridized carbons (Fsp3) is 0.263. The summed E-state index contributed by atoms with van der Waals surface area (Å²) in [4.78, 5) is 12.8. The topological polar surface area (TPSA) is 83.6 Å². The average Bonchev–Trinajstić information content (AvgIpc) is 3.14. The number of nitrogens with zero attached hydrogens (tertiary/aromatic N) is 3. The van der Waals surface area contributed by atoms with Crippen LogP contribution in [0.2, 0.25) is 0 Å². The number of H-pyrrole nitrogens is 1. The molecule has 2 N–H and O–H groups in total. The number of benzene rings is 2. The summed E-state index contributed by atoms with van der Waals surface area (Å²) < 4.78 is 0. The maximum Gasteiger partial charge on any atom is 0.235 e. The van der Waals surface area contributed by atoms with E-state index in [9.17, 15) is 4.79 Å². The number of tetrazole rings is 1. The lowest BCUT2D eigenvalue weighted by Crippen LogP contribution is -2.24. The second-order valence-corrected chi connectivity index (χ2v) is 6.06. The summed E-state index contributed by atoms with van der Waals surface area (Å²) in [5.41, 5.74) is 4.18. The van der Waals surface area contributed by atoms with Crippen molar-refractivity contribution in [1.29, 1.82) is 0 Å². The predicted octanol–water partition coefficient (Wildman–Crippen LogP) is 3.04. The highest BCUT2D eigenvalue weighted by molar-refractivity contribution is 5.95. The molecule has 0 aliphatic carbocycles. The number of carbonyl (C=O) groups is 1. The first-order chi connectivity index (χ1) is 12.2. The van der Waals surface area contributed by atoms with Crippen molar-refractivity contribution < 1.29 is 4.79 Å². The Kier molecular flexibility index (Phi) is 5.18. The molecule has 1 atom stereocenters. The van der Waals surface area contributed by atoms with Gasteiger partial charge in [0.25, 0.3) is 0 Å². The van der Waals surface area contributed by atoms with Crippen LogP contribution in [0.25, 0.3) is 0 Å². The quantitative estimate of drug-likeness (QED) is 0.725. The smallest absolute Gasteiger partial charge is 0.235 e. The largest absolute Gasteiger partial charge is 0.325 e. The normalized spacial score (nSPS) is 11.9. The van der Waals surface area contributed by atoms with Gasteiger partial charge in [0.2, 0.25) is 5.91 Å². The SMILES string of the molecule is CCc1ccc(CC(C(=O)Nc2cccc(C)c2)c2nn[nH]n2)cc1. The number of aromatic nitrogens is 4. The maximum atomic E-state index is 12.8. The number of rotatable bonds is 6. The summed E-state index contributed by atoms with van der Waals surface area (Å²) in [5, 5.41) is 17.0. The molecule has 0 saturated heterocycles. The summed E-state index contributed by atoms with van der Waals surface area (Å²) in [6.45, 7) is 4.11. The van der Waals surface area contributed by atoms with Crippen LogP contribution in [-0.2, 0) is 17.6 Å². The summed E-state index contributed by atoms with van der Waals surface area (Å²) in [5.74, 6) is -0.261. The average molecular weight is 335 g/mol. The lowest BCUT2D eigenvalue weighted by atomic mass is 9.96. The van der Waals surface area contributed by atoms with Gasteiger partial charge in [-0.2, -0.15) is 5.21 Å². The third-order valence-corrected chi connectivity index (χ3v) is 4.15. The number of aryl methyl sites for hydroxylation is 2. The summed E-state index contributed by atoms with van der Waals surface area (Å²) in [7, 11) is 0. The molecular weight excluding hydrogens is 314 g/mol. The highest BCUT2D eigenvalue weighted by atomic mass is 16.1. The van der Waals surface area contributed by atoms with Crippen LogP contribution in [0.5, 0.6) is 0 Å². The second kappa shape index (κ2) is 7.70. The molecule has 25 heavy (non-hydrogen) atoms. The van der Waals surface area contributed by atoms with Crippen LogP contribution in [0.3, 0.4) is 0 Å². The van der Waals surface area contributed by atoms with Gasteiger partial charge in [0.1, 0.15) is 5.92 Å². The standard InChI is InChI=1S/C19H21N5O/c1-3-14-7-9-15(10-8-14)12-17(18-21-23-24-22-18)19(25)20-16-6-4-5-13(2)11-16/h4-11,17H,3,12H2,1-2H3,(H,20,25)(H,21,22,23,24). The van der Waals surface area contributed by atoms with Crippen molar-refractivity contribution in [3.05, 3.63) is 71.0 Å². The molecule has 0 aliphatic heterocycles. The van der Waals surface area contributed by atoms with E-state index < -0.39 is 5.92 Å². The van der Waals surface area contributed by atoms with Gasteiger partial charge in [-0.15, -0.1) is 10.2 Å². The van der Waals surface area contributed by atoms with Crippen LogP contribution in [0.4, 0.5) is 5.69 Å². The number of carbonyl (C=O) groups excluding carboxylic acids is 1. The van der Waals surface area contributed by atoms with Crippen molar-refractivity contribution in [3.8, 4) is 0 Å². The molecule has 6 nitrogen and oxygen atoms in total. The Balaban J connectivity index is 1.80. The Morgan fingerprint density at radius 3 is 2.56 bits per heavy atom. The molecule has 1 heterocycles. The lowest BCUT2D eigenvalue weighted by molar-refractivity contribution is -0.117. The third kappa shape index (κ3) is 4.29. The van der Waals surface area contributed by atoms with Gasteiger partial charge in [-0.1, -0.05) is 48.5 Å². The maximum absolute atomic E-state index is 12.8. The third-order valence-electron chi connectivity index (χ3n) is 4.15. The molecule has 1 aromatic heterocycles. The Hall–Kier alpha value is -3.02. The van der Waals surface area contributed by atoms with E-state index in [0.29, 0.717) is 12.2 Å². The number of nitrogens with one attached hydrogen (secondary N) is 2. The van der Waals surface area contributed by atoms with Gasteiger partial charge >= 0.3 is 0 Å². The van der Waals surface area contributed by atoms with Gasteiger partial charge in [0.15, 0.2) is 5.82 Å². The molecule has 0 aliphatic rings. The van der Waals surface area contributed by atoms with Crippen LogP contribution >= 0.6 is 0 Å². The van der Waals surface area contributed by atoms with Crippen LogP contribution in [-0.4, -0.2) is 26.5 Å². The van der Waals surface area contributed by atoms with Gasteiger partial charge in [-0.05, 0) is 48.6 Å². The lowest BCUT2D eigenvalue weighted by Gasteiger charge is -2.14. The Morgan fingerprint density at radius 2 is 1.92 bits per heavy atom. The van der Waals surface area contributed by atoms with Crippen molar-refractivity contribution in [2.24, 2.45) is 0 Å². The van der Waals surface area contributed by atoms with E-state index in [1.165, 1.54) is 5.56 Å². The van der Waals surface area contributed by atoms with Gasteiger partial charge < -0.3 is 5.32 Å². The van der Waals surface area contributed by atoms with E-state index >= 15 is 0 Å². The van der Waals surface area contributed by atoms with Crippen molar-refractivity contribution >= 4 is 11.6 Å². The minimum Gasteiger partial charge on any atom is -0.325 e. The summed E-state index contributed by atoms with van der Waals surface area (Å²) >= 11 is 0. The highest BCUT2D eigenvalue weighted by Gasteiger charge is 2.25. The second-order valence-electron chi connectivity index (χ2n) is 6.06. The number of hydrogen-bond acceptors (Lipinski definition) is 4. The molecule has 3 aromatic rings. The zero-order valence-electron chi connectivity index (χ0n) is 14.4. The molecule has 2 aromatic carbocycles. The van der Waals surface area contributed by atoms with Crippen molar-refractivity contribution in [2.75, 3.05) is 5.32 Å². The first-order valence-corrected chi connectivity index (χ1v) is 8.34. The van der Waals surface area contributed by atoms with Crippen molar-refractivity contribution in [3.63, 3.8) is 0 Å². The molecule has 1 amide bonds. The predicted molar refractivity (Wildman–Crippen MR) is 96.3 cm³/mol. The Labute approximate surface area is 146 Å². The number of anilines is 1. The van der Waals surface area contributed by atoms with Crippen LogP contribution < -0.4 is 5.32 Å². The molecule has 6 heteroatoms. The molecule has 0 spiro atoms. The van der Waals surface area contributed by atoms with Crippen LogP contribution in [0.1, 0.15) is 35.4 Å². The molecule has 0 radical (unpaired) electrons. The zero-order valence-corrected chi connectivity index (χ0v) is 14.4.